The van der Waals surface area contributed by atoms with E-state index in [0.29, 0.717) is 31.2 Å². The van der Waals surface area contributed by atoms with Gasteiger partial charge in [-0.3, -0.25) is 4.79 Å². The van der Waals surface area contributed by atoms with Gasteiger partial charge in [-0.25, -0.2) is 4.98 Å². The maximum atomic E-state index is 12.5. The zero-order valence-corrected chi connectivity index (χ0v) is 15.0. The number of nitrogens with one attached hydrogen (secondary N) is 1. The van der Waals surface area contributed by atoms with Crippen molar-refractivity contribution in [1.29, 1.82) is 0 Å². The van der Waals surface area contributed by atoms with E-state index in [1.54, 1.807) is 13.3 Å². The second-order valence-corrected chi connectivity index (χ2v) is 6.81. The first-order valence-corrected chi connectivity index (χ1v) is 8.64. The highest BCUT2D eigenvalue weighted by molar-refractivity contribution is 5.79. The highest BCUT2D eigenvalue weighted by Gasteiger charge is 2.27. The van der Waals surface area contributed by atoms with Crippen LogP contribution in [0.25, 0.3) is 0 Å². The summed E-state index contributed by atoms with van der Waals surface area (Å²) in [6, 6.07) is 5.77. The van der Waals surface area contributed by atoms with Crippen LogP contribution >= 0.6 is 0 Å². The Bertz CT molecular complexity index is 739. The molecule has 25 heavy (non-hydrogen) atoms. The van der Waals surface area contributed by atoms with Crippen LogP contribution < -0.4 is 14.8 Å². The minimum Gasteiger partial charge on any atom is -0.493 e. The number of hydrogen-bond acceptors (Lipinski definition) is 4. The molecule has 134 valence electrons. The first-order valence-electron chi connectivity index (χ1n) is 8.64. The summed E-state index contributed by atoms with van der Waals surface area (Å²) >= 11 is 0. The lowest BCUT2D eigenvalue weighted by atomic mass is 9.95. The fraction of sp³-hybridized carbons (Fsp3) is 0.474. The molecule has 0 fully saturated rings. The van der Waals surface area contributed by atoms with Crippen LogP contribution in [-0.2, 0) is 24.3 Å². The summed E-state index contributed by atoms with van der Waals surface area (Å²) in [5.74, 6) is 1.81. The van der Waals surface area contributed by atoms with Gasteiger partial charge in [-0.05, 0) is 24.0 Å². The number of benzene rings is 1. The number of nitrogens with zero attached hydrogens (tertiary/aromatic N) is 2. The van der Waals surface area contributed by atoms with E-state index >= 15 is 0 Å². The number of hydrogen-bond donors (Lipinski definition) is 1. The molecule has 2 aromatic rings. The Hall–Kier alpha value is -2.50. The summed E-state index contributed by atoms with van der Waals surface area (Å²) in [5, 5.41) is 3.02. The highest BCUT2D eigenvalue weighted by atomic mass is 16.5. The lowest BCUT2D eigenvalue weighted by Crippen LogP contribution is -2.37. The molecule has 0 unspecified atom stereocenters. The fourth-order valence-corrected chi connectivity index (χ4v) is 3.10. The van der Waals surface area contributed by atoms with Gasteiger partial charge >= 0.3 is 0 Å². The smallest absolute Gasteiger partial charge is 0.227 e. The summed E-state index contributed by atoms with van der Waals surface area (Å²) < 4.78 is 13.2. The van der Waals surface area contributed by atoms with E-state index in [2.05, 4.69) is 28.7 Å². The molecule has 0 saturated carbocycles. The number of rotatable bonds is 6. The number of carbonyl (C=O) groups is 1. The van der Waals surface area contributed by atoms with Gasteiger partial charge in [0.1, 0.15) is 6.61 Å². The van der Waals surface area contributed by atoms with Gasteiger partial charge in [-0.1, -0.05) is 26.0 Å². The van der Waals surface area contributed by atoms with Gasteiger partial charge in [0, 0.05) is 12.7 Å². The standard InChI is InChI=1S/C19H25N3O3/c1-13(2)10-22-12-20-8-16(22)9-21-19(23)15-7-14-5-4-6-17(24-3)18(14)25-11-15/h4-6,8,12-13,15H,7,9-11H2,1-3H3,(H,21,23)/t15-/m1/s1. The van der Waals surface area contributed by atoms with Gasteiger partial charge in [0.2, 0.25) is 5.91 Å². The number of methoxy groups -OCH3 is 1. The third-order valence-electron chi connectivity index (χ3n) is 4.35. The third kappa shape index (κ3) is 3.95. The number of para-hydroxylation sites is 1. The van der Waals surface area contributed by atoms with Crippen molar-refractivity contribution in [1.82, 2.24) is 14.9 Å². The van der Waals surface area contributed by atoms with Crippen molar-refractivity contribution in [3.8, 4) is 11.5 Å². The Kier molecular flexibility index (Phi) is 5.26. The molecule has 2 heterocycles. The third-order valence-corrected chi connectivity index (χ3v) is 4.35. The van der Waals surface area contributed by atoms with Crippen LogP contribution in [0.15, 0.2) is 30.7 Å². The lowest BCUT2D eigenvalue weighted by Gasteiger charge is -2.25. The van der Waals surface area contributed by atoms with Gasteiger partial charge in [0.05, 0.1) is 31.6 Å². The van der Waals surface area contributed by atoms with Crippen LogP contribution in [0.2, 0.25) is 0 Å². The van der Waals surface area contributed by atoms with Crippen LogP contribution in [0.1, 0.15) is 25.1 Å². The number of amides is 1. The van der Waals surface area contributed by atoms with E-state index in [0.717, 1.165) is 23.6 Å². The maximum Gasteiger partial charge on any atom is 0.227 e. The van der Waals surface area contributed by atoms with Crippen molar-refractivity contribution in [3.05, 3.63) is 42.0 Å². The van der Waals surface area contributed by atoms with Gasteiger partial charge in [-0.2, -0.15) is 0 Å². The van der Waals surface area contributed by atoms with Crippen molar-refractivity contribution in [2.24, 2.45) is 11.8 Å². The maximum absolute atomic E-state index is 12.5. The van der Waals surface area contributed by atoms with Crippen molar-refractivity contribution >= 4 is 5.91 Å². The largest absolute Gasteiger partial charge is 0.493 e. The van der Waals surface area contributed by atoms with E-state index in [1.807, 2.05) is 24.5 Å². The monoisotopic (exact) mass is 343 g/mol. The van der Waals surface area contributed by atoms with E-state index in [1.165, 1.54) is 0 Å². The molecule has 0 saturated heterocycles. The minimum atomic E-state index is -0.193. The second kappa shape index (κ2) is 7.59. The molecule has 1 atom stereocenters. The molecule has 1 aromatic heterocycles. The molecular weight excluding hydrogens is 318 g/mol. The Morgan fingerprint density at radius 1 is 1.48 bits per heavy atom. The van der Waals surface area contributed by atoms with Crippen LogP contribution in [0, 0.1) is 11.8 Å². The van der Waals surface area contributed by atoms with Gasteiger partial charge in [0.15, 0.2) is 11.5 Å². The van der Waals surface area contributed by atoms with E-state index in [-0.39, 0.29) is 11.8 Å². The molecule has 0 radical (unpaired) electrons. The molecule has 0 aliphatic carbocycles. The summed E-state index contributed by atoms with van der Waals surface area (Å²) in [7, 11) is 1.62. The predicted molar refractivity (Wildman–Crippen MR) is 94.6 cm³/mol. The molecule has 1 aromatic carbocycles. The van der Waals surface area contributed by atoms with E-state index in [4.69, 9.17) is 9.47 Å². The number of ether oxygens (including phenoxy) is 2. The molecule has 6 nitrogen and oxygen atoms in total. The molecular formula is C19H25N3O3. The molecule has 6 heteroatoms. The molecule has 1 N–H and O–H groups in total. The first kappa shape index (κ1) is 17.3. The quantitative estimate of drug-likeness (QED) is 0.875. The van der Waals surface area contributed by atoms with Crippen molar-refractivity contribution in [2.45, 2.75) is 33.4 Å². The summed E-state index contributed by atoms with van der Waals surface area (Å²) in [4.78, 5) is 16.7. The Morgan fingerprint density at radius 3 is 3.08 bits per heavy atom. The zero-order chi connectivity index (χ0) is 17.8. The average Bonchev–Trinajstić information content (AvgIpc) is 3.04. The average molecular weight is 343 g/mol. The zero-order valence-electron chi connectivity index (χ0n) is 15.0. The molecule has 0 spiro atoms. The first-order chi connectivity index (χ1) is 12.1. The minimum absolute atomic E-state index is 0.00534. The lowest BCUT2D eigenvalue weighted by molar-refractivity contribution is -0.126. The van der Waals surface area contributed by atoms with Crippen LogP contribution in [0.4, 0.5) is 0 Å². The summed E-state index contributed by atoms with van der Waals surface area (Å²) in [5.41, 5.74) is 2.02. The Morgan fingerprint density at radius 2 is 2.32 bits per heavy atom. The highest BCUT2D eigenvalue weighted by Crippen LogP contribution is 2.36. The van der Waals surface area contributed by atoms with Crippen molar-refractivity contribution in [3.63, 3.8) is 0 Å². The molecule has 3 rings (SSSR count). The number of imidazole rings is 1. The van der Waals surface area contributed by atoms with Gasteiger partial charge < -0.3 is 19.4 Å². The van der Waals surface area contributed by atoms with E-state index < -0.39 is 0 Å². The normalized spacial score (nSPS) is 16.2. The van der Waals surface area contributed by atoms with Crippen LogP contribution in [0.5, 0.6) is 11.5 Å². The molecule has 1 amide bonds. The Balaban J connectivity index is 1.60. The summed E-state index contributed by atoms with van der Waals surface area (Å²) in [6.07, 6.45) is 4.28. The number of fused-ring (bicyclic) bond motifs is 1. The molecule has 1 aliphatic rings. The molecule has 0 bridgehead atoms. The van der Waals surface area contributed by atoms with Crippen LogP contribution in [-0.4, -0.2) is 29.2 Å². The van der Waals surface area contributed by atoms with Gasteiger partial charge in [-0.15, -0.1) is 0 Å². The second-order valence-electron chi connectivity index (χ2n) is 6.81. The SMILES string of the molecule is COc1cccc2c1OC[C@H](C(=O)NCc1cncn1CC(C)C)C2. The van der Waals surface area contributed by atoms with Crippen molar-refractivity contribution < 1.29 is 14.3 Å². The Labute approximate surface area is 148 Å². The number of aromatic nitrogens is 2. The topological polar surface area (TPSA) is 65.4 Å². The predicted octanol–water partition coefficient (Wildman–Crippen LogP) is 2.42. The molecule has 1 aliphatic heterocycles. The summed E-state index contributed by atoms with van der Waals surface area (Å²) in [6.45, 7) is 6.06. The van der Waals surface area contributed by atoms with Crippen molar-refractivity contribution in [2.75, 3.05) is 13.7 Å². The van der Waals surface area contributed by atoms with Crippen LogP contribution in [0.3, 0.4) is 0 Å². The number of carbonyl (C=O) groups excluding carboxylic acids is 1. The fourth-order valence-electron chi connectivity index (χ4n) is 3.10. The van der Waals surface area contributed by atoms with Gasteiger partial charge in [0.25, 0.3) is 0 Å². The van der Waals surface area contributed by atoms with E-state index in [9.17, 15) is 4.79 Å².